The van der Waals surface area contributed by atoms with Crippen LogP contribution in [0, 0.1) is 0 Å². The van der Waals surface area contributed by atoms with Gasteiger partial charge in [-0.3, -0.25) is 14.8 Å². The van der Waals surface area contributed by atoms with Crippen LogP contribution in [0.25, 0.3) is 0 Å². The Labute approximate surface area is 192 Å². The zero-order valence-electron chi connectivity index (χ0n) is 18.4. The van der Waals surface area contributed by atoms with Gasteiger partial charge in [0.15, 0.2) is 0 Å². The van der Waals surface area contributed by atoms with E-state index >= 15 is 0 Å². The molecule has 0 radical (unpaired) electrons. The van der Waals surface area contributed by atoms with Crippen molar-refractivity contribution in [2.45, 2.75) is 31.9 Å². The van der Waals surface area contributed by atoms with Crippen LogP contribution in [0.1, 0.15) is 22.4 Å². The fourth-order valence-corrected chi connectivity index (χ4v) is 4.97. The van der Waals surface area contributed by atoms with Gasteiger partial charge in [0.05, 0.1) is 6.04 Å². The molecule has 0 aliphatic carbocycles. The van der Waals surface area contributed by atoms with Gasteiger partial charge in [0.25, 0.3) is 0 Å². The van der Waals surface area contributed by atoms with Gasteiger partial charge in [0, 0.05) is 57.7 Å². The third kappa shape index (κ3) is 5.04. The number of anilines is 1. The summed E-state index contributed by atoms with van der Waals surface area (Å²) in [5, 5.41) is 0. The number of fused-ring (bicyclic) bond motifs is 3. The van der Waals surface area contributed by atoms with Gasteiger partial charge in [0.2, 0.25) is 0 Å². The highest BCUT2D eigenvalue weighted by Gasteiger charge is 2.34. The van der Waals surface area contributed by atoms with Crippen molar-refractivity contribution in [1.82, 2.24) is 14.8 Å². The number of piperazine rings is 1. The number of nitrogens with zero attached hydrogens (tertiary/aromatic N) is 4. The summed E-state index contributed by atoms with van der Waals surface area (Å²) in [5.41, 5.74) is 3.80. The average Bonchev–Trinajstić information content (AvgIpc) is 2.95. The molecule has 33 heavy (non-hydrogen) atoms. The molecule has 1 fully saturated rings. The lowest BCUT2D eigenvalue weighted by Crippen LogP contribution is -2.55. The van der Waals surface area contributed by atoms with Crippen molar-refractivity contribution in [3.05, 3.63) is 95.3 Å². The van der Waals surface area contributed by atoms with Crippen LogP contribution < -0.4 is 4.90 Å². The third-order valence-electron chi connectivity index (χ3n) is 6.50. The summed E-state index contributed by atoms with van der Waals surface area (Å²) in [6, 6.07) is 22.0. The number of hydrogen-bond acceptors (Lipinski definition) is 4. The highest BCUT2D eigenvalue weighted by atomic mass is 19.4. The molecular weight excluding hydrogens is 425 g/mol. The van der Waals surface area contributed by atoms with Crippen molar-refractivity contribution in [3.8, 4) is 0 Å². The lowest BCUT2D eigenvalue weighted by molar-refractivity contribution is -0.141. The number of alkyl halides is 3. The summed E-state index contributed by atoms with van der Waals surface area (Å²) in [7, 11) is 0. The van der Waals surface area contributed by atoms with Crippen LogP contribution >= 0.6 is 0 Å². The highest BCUT2D eigenvalue weighted by molar-refractivity contribution is 5.56. The topological polar surface area (TPSA) is 22.6 Å². The second-order valence-corrected chi connectivity index (χ2v) is 8.92. The monoisotopic (exact) mass is 452 g/mol. The molecule has 0 bridgehead atoms. The summed E-state index contributed by atoms with van der Waals surface area (Å²) in [6.45, 7) is 6.03. The fourth-order valence-electron chi connectivity index (χ4n) is 4.97. The summed E-state index contributed by atoms with van der Waals surface area (Å²) in [6.07, 6.45) is -3.05. The van der Waals surface area contributed by atoms with Crippen molar-refractivity contribution in [3.63, 3.8) is 0 Å². The van der Waals surface area contributed by atoms with E-state index in [-0.39, 0.29) is 0 Å². The molecule has 172 valence electrons. The molecule has 2 aromatic carbocycles. The van der Waals surface area contributed by atoms with Crippen molar-refractivity contribution >= 4 is 5.69 Å². The molecule has 0 amide bonds. The van der Waals surface area contributed by atoms with Crippen LogP contribution in [-0.4, -0.2) is 47.0 Å². The Bertz CT molecular complexity index is 1070. The molecule has 0 saturated carbocycles. The van der Waals surface area contributed by atoms with Gasteiger partial charge < -0.3 is 4.90 Å². The van der Waals surface area contributed by atoms with Gasteiger partial charge in [-0.15, -0.1) is 0 Å². The number of pyridine rings is 1. The van der Waals surface area contributed by atoms with E-state index in [9.17, 15) is 13.2 Å². The Kier molecular flexibility index (Phi) is 6.08. The maximum Gasteiger partial charge on any atom is 0.433 e. The minimum atomic E-state index is -4.41. The van der Waals surface area contributed by atoms with Crippen molar-refractivity contribution in [2.24, 2.45) is 0 Å². The number of benzene rings is 2. The SMILES string of the molecule is FC(F)(F)c1ccc(CN2Cc3ccccc3N3CCN(Cc4ccccc4)CC3C2)cn1. The smallest absolute Gasteiger partial charge is 0.364 e. The second-order valence-electron chi connectivity index (χ2n) is 8.92. The molecule has 1 atom stereocenters. The largest absolute Gasteiger partial charge is 0.433 e. The molecule has 2 aliphatic rings. The first-order chi connectivity index (χ1) is 16.0. The standard InChI is InChI=1S/C26H27F3N4/c27-26(28,29)25-11-10-21(14-30-25)16-32-17-22-8-4-5-9-24(22)33-13-12-31(18-23(33)19-32)15-20-6-2-1-3-7-20/h1-11,14,23H,12-13,15-19H2. The zero-order valence-corrected chi connectivity index (χ0v) is 18.4. The summed E-state index contributed by atoms with van der Waals surface area (Å²) >= 11 is 0. The molecule has 4 nitrogen and oxygen atoms in total. The lowest BCUT2D eigenvalue weighted by Gasteiger charge is -2.43. The number of aromatic nitrogens is 1. The van der Waals surface area contributed by atoms with Gasteiger partial charge in [-0.25, -0.2) is 0 Å². The Morgan fingerprint density at radius 3 is 2.27 bits per heavy atom. The number of halogens is 3. The maximum atomic E-state index is 12.9. The molecule has 5 rings (SSSR count). The van der Waals surface area contributed by atoms with Crippen molar-refractivity contribution in [2.75, 3.05) is 31.1 Å². The molecule has 0 spiro atoms. The number of hydrogen-bond donors (Lipinski definition) is 0. The van der Waals surface area contributed by atoms with Crippen molar-refractivity contribution < 1.29 is 13.2 Å². The number of para-hydroxylation sites is 1. The second kappa shape index (κ2) is 9.15. The zero-order chi connectivity index (χ0) is 22.8. The summed E-state index contributed by atoms with van der Waals surface area (Å²) < 4.78 is 38.7. The van der Waals surface area contributed by atoms with Crippen LogP contribution in [0.2, 0.25) is 0 Å². The molecule has 0 N–H and O–H groups in total. The summed E-state index contributed by atoms with van der Waals surface area (Å²) in [5.74, 6) is 0. The minimum absolute atomic E-state index is 0.313. The van der Waals surface area contributed by atoms with E-state index in [0.29, 0.717) is 12.6 Å². The predicted molar refractivity (Wildman–Crippen MR) is 123 cm³/mol. The first kappa shape index (κ1) is 21.9. The van der Waals surface area contributed by atoms with Gasteiger partial charge in [-0.05, 0) is 28.8 Å². The first-order valence-corrected chi connectivity index (χ1v) is 11.3. The Hall–Kier alpha value is -2.90. The Balaban J connectivity index is 1.35. The number of rotatable bonds is 4. The molecule has 1 aromatic heterocycles. The maximum absolute atomic E-state index is 12.9. The fraction of sp³-hybridized carbons (Fsp3) is 0.346. The van der Waals surface area contributed by atoms with Gasteiger partial charge >= 0.3 is 6.18 Å². The molecule has 2 aliphatic heterocycles. The van der Waals surface area contributed by atoms with Gasteiger partial charge in [-0.1, -0.05) is 54.6 Å². The van der Waals surface area contributed by atoms with Crippen LogP contribution in [0.15, 0.2) is 72.9 Å². The van der Waals surface area contributed by atoms with Crippen molar-refractivity contribution in [1.29, 1.82) is 0 Å². The normalized spacial score (nSPS) is 19.6. The van der Waals surface area contributed by atoms with E-state index < -0.39 is 11.9 Å². The summed E-state index contributed by atoms with van der Waals surface area (Å²) in [4.78, 5) is 11.0. The predicted octanol–water partition coefficient (Wildman–Crippen LogP) is 4.81. The molecule has 3 heterocycles. The van der Waals surface area contributed by atoms with Crippen LogP contribution in [-0.2, 0) is 25.8 Å². The Morgan fingerprint density at radius 1 is 0.788 bits per heavy atom. The van der Waals surface area contributed by atoms with Crippen LogP contribution in [0.5, 0.6) is 0 Å². The molecule has 7 heteroatoms. The van der Waals surface area contributed by atoms with Gasteiger partial charge in [0.1, 0.15) is 5.69 Å². The van der Waals surface area contributed by atoms with E-state index in [1.165, 1.54) is 23.0 Å². The third-order valence-corrected chi connectivity index (χ3v) is 6.50. The minimum Gasteiger partial charge on any atom is -0.364 e. The van der Waals surface area contributed by atoms with Gasteiger partial charge in [-0.2, -0.15) is 13.2 Å². The van der Waals surface area contributed by atoms with Crippen LogP contribution in [0.3, 0.4) is 0 Å². The molecular formula is C26H27F3N4. The average molecular weight is 453 g/mol. The van der Waals surface area contributed by atoms with E-state index in [1.807, 2.05) is 6.07 Å². The van der Waals surface area contributed by atoms with E-state index in [0.717, 1.165) is 50.9 Å². The quantitative estimate of drug-likeness (QED) is 0.567. The van der Waals surface area contributed by atoms with Crippen LogP contribution in [0.4, 0.5) is 18.9 Å². The van der Waals surface area contributed by atoms with E-state index in [1.54, 1.807) is 6.07 Å². The Morgan fingerprint density at radius 2 is 1.52 bits per heavy atom. The molecule has 1 unspecified atom stereocenters. The first-order valence-electron chi connectivity index (χ1n) is 11.3. The van der Waals surface area contributed by atoms with E-state index in [2.05, 4.69) is 68.2 Å². The molecule has 3 aromatic rings. The van der Waals surface area contributed by atoms with E-state index in [4.69, 9.17) is 0 Å². The molecule has 1 saturated heterocycles. The highest BCUT2D eigenvalue weighted by Crippen LogP contribution is 2.31. The lowest BCUT2D eigenvalue weighted by atomic mass is 10.1.